The minimum absolute atomic E-state index is 0.0590. The highest BCUT2D eigenvalue weighted by molar-refractivity contribution is 5.53. The lowest BCUT2D eigenvalue weighted by atomic mass is 9.86. The van der Waals surface area contributed by atoms with E-state index < -0.39 is 17.8 Å². The first-order valence-corrected chi connectivity index (χ1v) is 6.95. The Hall–Kier alpha value is -1.74. The van der Waals surface area contributed by atoms with Crippen molar-refractivity contribution in [2.75, 3.05) is 11.9 Å². The third-order valence-corrected chi connectivity index (χ3v) is 3.88. The lowest BCUT2D eigenvalue weighted by Crippen LogP contribution is -2.30. The second-order valence-electron chi connectivity index (χ2n) is 5.36. The standard InChI is InChI=1S/C15H17F3N2O/c16-15(17,18)13-7-12(6-5-10(13)8-19)20-9-11-3-1-2-4-14(11)21/h5-7,11,14,20-21H,1-4,9H2. The number of anilines is 1. The summed E-state index contributed by atoms with van der Waals surface area (Å²) in [6, 6.07) is 5.14. The van der Waals surface area contributed by atoms with Crippen LogP contribution < -0.4 is 5.32 Å². The van der Waals surface area contributed by atoms with Gasteiger partial charge in [-0.15, -0.1) is 0 Å². The number of nitrogens with one attached hydrogen (secondary N) is 1. The molecular weight excluding hydrogens is 281 g/mol. The molecule has 0 amide bonds. The van der Waals surface area contributed by atoms with E-state index in [0.717, 1.165) is 31.7 Å². The third-order valence-electron chi connectivity index (χ3n) is 3.88. The second kappa shape index (κ2) is 6.35. The number of rotatable bonds is 3. The van der Waals surface area contributed by atoms with Crippen molar-refractivity contribution in [1.82, 2.24) is 0 Å². The van der Waals surface area contributed by atoms with Gasteiger partial charge in [0.2, 0.25) is 0 Å². The monoisotopic (exact) mass is 298 g/mol. The van der Waals surface area contributed by atoms with E-state index in [9.17, 15) is 18.3 Å². The molecule has 114 valence electrons. The van der Waals surface area contributed by atoms with Gasteiger partial charge >= 0.3 is 6.18 Å². The molecule has 1 aromatic rings. The first-order valence-electron chi connectivity index (χ1n) is 6.95. The Morgan fingerprint density at radius 2 is 2.00 bits per heavy atom. The smallest absolute Gasteiger partial charge is 0.393 e. The van der Waals surface area contributed by atoms with Gasteiger partial charge in [0.05, 0.1) is 23.3 Å². The minimum Gasteiger partial charge on any atom is -0.393 e. The Balaban J connectivity index is 2.09. The molecule has 0 aromatic heterocycles. The molecule has 2 atom stereocenters. The van der Waals surface area contributed by atoms with E-state index in [1.54, 1.807) is 6.07 Å². The van der Waals surface area contributed by atoms with Crippen LogP contribution in [0.15, 0.2) is 18.2 Å². The van der Waals surface area contributed by atoms with Crippen molar-refractivity contribution in [3.63, 3.8) is 0 Å². The molecule has 0 aliphatic heterocycles. The maximum absolute atomic E-state index is 12.9. The fourth-order valence-electron chi connectivity index (χ4n) is 2.66. The van der Waals surface area contributed by atoms with Gasteiger partial charge in [-0.1, -0.05) is 12.8 Å². The lowest BCUT2D eigenvalue weighted by molar-refractivity contribution is -0.137. The van der Waals surface area contributed by atoms with Crippen LogP contribution in [0.4, 0.5) is 18.9 Å². The number of hydrogen-bond donors (Lipinski definition) is 2. The predicted molar refractivity (Wildman–Crippen MR) is 72.6 cm³/mol. The summed E-state index contributed by atoms with van der Waals surface area (Å²) in [6.07, 6.45) is -1.30. The number of hydrogen-bond acceptors (Lipinski definition) is 3. The molecule has 2 N–H and O–H groups in total. The highest BCUT2D eigenvalue weighted by Gasteiger charge is 2.34. The lowest BCUT2D eigenvalue weighted by Gasteiger charge is -2.28. The molecular formula is C15H17F3N2O. The summed E-state index contributed by atoms with van der Waals surface area (Å²) in [5, 5.41) is 21.5. The van der Waals surface area contributed by atoms with Gasteiger partial charge in [-0.2, -0.15) is 18.4 Å². The van der Waals surface area contributed by atoms with Crippen molar-refractivity contribution in [1.29, 1.82) is 5.26 Å². The number of alkyl halides is 3. The van der Waals surface area contributed by atoms with Crippen LogP contribution in [-0.4, -0.2) is 17.8 Å². The summed E-state index contributed by atoms with van der Waals surface area (Å²) in [4.78, 5) is 0. The van der Waals surface area contributed by atoms with Gasteiger partial charge in [0, 0.05) is 18.2 Å². The number of halogens is 3. The maximum atomic E-state index is 12.9. The third kappa shape index (κ3) is 3.88. The molecule has 0 heterocycles. The van der Waals surface area contributed by atoms with Crippen LogP contribution >= 0.6 is 0 Å². The largest absolute Gasteiger partial charge is 0.417 e. The molecule has 1 aliphatic carbocycles. The molecule has 6 heteroatoms. The van der Waals surface area contributed by atoms with Crippen molar-refractivity contribution < 1.29 is 18.3 Å². The van der Waals surface area contributed by atoms with E-state index in [1.165, 1.54) is 12.1 Å². The summed E-state index contributed by atoms with van der Waals surface area (Å²) >= 11 is 0. The van der Waals surface area contributed by atoms with Crippen LogP contribution in [0.5, 0.6) is 0 Å². The van der Waals surface area contributed by atoms with Crippen LogP contribution in [0, 0.1) is 17.2 Å². The van der Waals surface area contributed by atoms with Crippen molar-refractivity contribution in [2.24, 2.45) is 5.92 Å². The first-order chi connectivity index (χ1) is 9.91. The van der Waals surface area contributed by atoms with Gasteiger partial charge < -0.3 is 10.4 Å². The van der Waals surface area contributed by atoms with Gasteiger partial charge in [0.1, 0.15) is 0 Å². The zero-order valence-electron chi connectivity index (χ0n) is 11.5. The Bertz CT molecular complexity index is 537. The highest BCUT2D eigenvalue weighted by Crippen LogP contribution is 2.34. The Labute approximate surface area is 121 Å². The maximum Gasteiger partial charge on any atom is 0.417 e. The molecule has 1 aliphatic rings. The van der Waals surface area contributed by atoms with Gasteiger partial charge in [0.15, 0.2) is 0 Å². The zero-order valence-corrected chi connectivity index (χ0v) is 11.5. The summed E-state index contributed by atoms with van der Waals surface area (Å²) in [6.45, 7) is 0.435. The topological polar surface area (TPSA) is 56.0 Å². The zero-order chi connectivity index (χ0) is 15.5. The van der Waals surface area contributed by atoms with E-state index in [4.69, 9.17) is 5.26 Å². The van der Waals surface area contributed by atoms with Crippen molar-refractivity contribution in [3.05, 3.63) is 29.3 Å². The predicted octanol–water partition coefficient (Wildman–Crippen LogP) is 3.54. The van der Waals surface area contributed by atoms with Crippen LogP contribution in [0.1, 0.15) is 36.8 Å². The van der Waals surface area contributed by atoms with E-state index in [1.807, 2.05) is 0 Å². The molecule has 21 heavy (non-hydrogen) atoms. The highest BCUT2D eigenvalue weighted by atomic mass is 19.4. The van der Waals surface area contributed by atoms with Crippen LogP contribution in [0.25, 0.3) is 0 Å². The van der Waals surface area contributed by atoms with Crippen molar-refractivity contribution in [2.45, 2.75) is 38.0 Å². The summed E-state index contributed by atoms with van der Waals surface area (Å²) < 4.78 is 38.6. The fourth-order valence-corrected chi connectivity index (χ4v) is 2.66. The molecule has 0 radical (unpaired) electrons. The molecule has 0 spiro atoms. The number of nitrogens with zero attached hydrogens (tertiary/aromatic N) is 1. The molecule has 1 fully saturated rings. The van der Waals surface area contributed by atoms with Crippen molar-refractivity contribution in [3.8, 4) is 6.07 Å². The van der Waals surface area contributed by atoms with E-state index >= 15 is 0 Å². The molecule has 1 aromatic carbocycles. The molecule has 2 rings (SSSR count). The molecule has 1 saturated carbocycles. The SMILES string of the molecule is N#Cc1ccc(NCC2CCCCC2O)cc1C(F)(F)F. The number of nitriles is 1. The van der Waals surface area contributed by atoms with Crippen molar-refractivity contribution >= 4 is 5.69 Å². The molecule has 2 unspecified atom stereocenters. The van der Waals surface area contributed by atoms with Gasteiger partial charge in [-0.25, -0.2) is 0 Å². The number of aliphatic hydroxyl groups is 1. The average Bonchev–Trinajstić information content (AvgIpc) is 2.45. The van der Waals surface area contributed by atoms with Gasteiger partial charge in [0.25, 0.3) is 0 Å². The molecule has 0 saturated heterocycles. The normalized spacial score (nSPS) is 22.6. The summed E-state index contributed by atoms with van der Waals surface area (Å²) in [5.41, 5.74) is -0.996. The van der Waals surface area contributed by atoms with E-state index in [0.29, 0.717) is 12.2 Å². The number of benzene rings is 1. The van der Waals surface area contributed by atoms with Gasteiger partial charge in [-0.3, -0.25) is 0 Å². The molecule has 3 nitrogen and oxygen atoms in total. The van der Waals surface area contributed by atoms with Crippen LogP contribution in [-0.2, 0) is 6.18 Å². The average molecular weight is 298 g/mol. The Kier molecular flexibility index (Phi) is 4.73. The van der Waals surface area contributed by atoms with Gasteiger partial charge in [-0.05, 0) is 31.0 Å². The second-order valence-corrected chi connectivity index (χ2v) is 5.36. The Morgan fingerprint density at radius 1 is 1.29 bits per heavy atom. The van der Waals surface area contributed by atoms with E-state index in [2.05, 4.69) is 5.32 Å². The quantitative estimate of drug-likeness (QED) is 0.897. The summed E-state index contributed by atoms with van der Waals surface area (Å²) in [7, 11) is 0. The van der Waals surface area contributed by atoms with Crippen LogP contribution in [0.3, 0.4) is 0 Å². The van der Waals surface area contributed by atoms with E-state index in [-0.39, 0.29) is 11.5 Å². The Morgan fingerprint density at radius 3 is 2.62 bits per heavy atom. The summed E-state index contributed by atoms with van der Waals surface area (Å²) in [5.74, 6) is 0.0590. The van der Waals surface area contributed by atoms with Crippen LogP contribution in [0.2, 0.25) is 0 Å². The number of aliphatic hydroxyl groups excluding tert-OH is 1. The first kappa shape index (κ1) is 15.6. The minimum atomic E-state index is -4.55. The fraction of sp³-hybridized carbons (Fsp3) is 0.533. The molecule has 0 bridgehead atoms.